The van der Waals surface area contributed by atoms with Crippen molar-refractivity contribution < 1.29 is 9.13 Å². The zero-order valence-corrected chi connectivity index (χ0v) is 16.1. The van der Waals surface area contributed by atoms with E-state index < -0.39 is 0 Å². The van der Waals surface area contributed by atoms with Crippen molar-refractivity contribution in [3.8, 4) is 5.75 Å². The standard InChI is InChI=1S/C23H34FNO/c24-21-6-8-22(9-7-21)26-17-3-14-25-15-12-23(13-16-25)11-10-19-4-1-2-5-20(19)18-23/h6-9,19-20H,1-5,10-18H2/t19-,20-/m1/s1. The minimum Gasteiger partial charge on any atom is -0.494 e. The topological polar surface area (TPSA) is 12.5 Å². The van der Waals surface area contributed by atoms with Crippen LogP contribution in [0.3, 0.4) is 0 Å². The molecule has 0 radical (unpaired) electrons. The van der Waals surface area contributed by atoms with Gasteiger partial charge in [0.15, 0.2) is 0 Å². The van der Waals surface area contributed by atoms with E-state index in [0.29, 0.717) is 5.41 Å². The molecule has 0 amide bonds. The average Bonchev–Trinajstić information content (AvgIpc) is 2.68. The summed E-state index contributed by atoms with van der Waals surface area (Å²) in [4.78, 5) is 2.63. The van der Waals surface area contributed by atoms with Gasteiger partial charge < -0.3 is 9.64 Å². The molecule has 2 aliphatic carbocycles. The quantitative estimate of drug-likeness (QED) is 0.628. The van der Waals surface area contributed by atoms with E-state index >= 15 is 0 Å². The fourth-order valence-electron chi connectivity index (χ4n) is 5.80. The Morgan fingerprint density at radius 3 is 2.46 bits per heavy atom. The monoisotopic (exact) mass is 359 g/mol. The van der Waals surface area contributed by atoms with Crippen LogP contribution >= 0.6 is 0 Å². The van der Waals surface area contributed by atoms with Crippen molar-refractivity contribution >= 4 is 0 Å². The van der Waals surface area contributed by atoms with Crippen LogP contribution in [0.1, 0.15) is 64.2 Å². The second-order valence-corrected chi connectivity index (χ2v) is 9.04. The predicted molar refractivity (Wildman–Crippen MR) is 104 cm³/mol. The number of likely N-dealkylation sites (tertiary alicyclic amines) is 1. The summed E-state index contributed by atoms with van der Waals surface area (Å²) in [6.45, 7) is 4.39. The second-order valence-electron chi connectivity index (χ2n) is 9.04. The first-order valence-corrected chi connectivity index (χ1v) is 10.8. The van der Waals surface area contributed by atoms with Gasteiger partial charge in [0, 0.05) is 6.54 Å². The summed E-state index contributed by atoms with van der Waals surface area (Å²) >= 11 is 0. The van der Waals surface area contributed by atoms with Crippen molar-refractivity contribution in [2.75, 3.05) is 26.2 Å². The Morgan fingerprint density at radius 1 is 0.962 bits per heavy atom. The maximum atomic E-state index is 12.9. The Morgan fingerprint density at radius 2 is 1.69 bits per heavy atom. The predicted octanol–water partition coefficient (Wildman–Crippen LogP) is 5.67. The van der Waals surface area contributed by atoms with Crippen molar-refractivity contribution in [2.45, 2.75) is 64.2 Å². The lowest BCUT2D eigenvalue weighted by Gasteiger charge is -2.50. The fraction of sp³-hybridized carbons (Fsp3) is 0.739. The van der Waals surface area contributed by atoms with Gasteiger partial charge in [-0.25, -0.2) is 4.39 Å². The molecule has 144 valence electrons. The Bertz CT molecular complexity index is 564. The number of piperidine rings is 1. The van der Waals surface area contributed by atoms with Crippen molar-refractivity contribution in [3.05, 3.63) is 30.1 Å². The highest BCUT2D eigenvalue weighted by molar-refractivity contribution is 5.21. The summed E-state index contributed by atoms with van der Waals surface area (Å²) in [7, 11) is 0. The number of hydrogen-bond acceptors (Lipinski definition) is 2. The molecule has 4 rings (SSSR count). The number of rotatable bonds is 5. The number of nitrogens with zero attached hydrogens (tertiary/aromatic N) is 1. The number of hydrogen-bond donors (Lipinski definition) is 0. The van der Waals surface area contributed by atoms with Gasteiger partial charge in [-0.3, -0.25) is 0 Å². The highest BCUT2D eigenvalue weighted by Gasteiger charge is 2.42. The van der Waals surface area contributed by atoms with Crippen LogP contribution in [0.4, 0.5) is 4.39 Å². The summed E-state index contributed by atoms with van der Waals surface area (Å²) < 4.78 is 18.6. The van der Waals surface area contributed by atoms with E-state index in [2.05, 4.69) is 4.90 Å². The first-order chi connectivity index (χ1) is 12.7. The van der Waals surface area contributed by atoms with Crippen LogP contribution in [0.25, 0.3) is 0 Å². The molecule has 1 aromatic carbocycles. The molecule has 1 aromatic rings. The van der Waals surface area contributed by atoms with Crippen molar-refractivity contribution in [1.29, 1.82) is 0 Å². The number of halogens is 1. The third kappa shape index (κ3) is 4.42. The molecule has 2 atom stereocenters. The Balaban J connectivity index is 1.16. The number of ether oxygens (including phenoxy) is 1. The minimum absolute atomic E-state index is 0.207. The van der Waals surface area contributed by atoms with Crippen LogP contribution in [0.5, 0.6) is 5.75 Å². The van der Waals surface area contributed by atoms with E-state index in [1.54, 1.807) is 12.1 Å². The molecule has 3 fully saturated rings. The molecule has 1 heterocycles. The molecule has 0 N–H and O–H groups in total. The molecule has 26 heavy (non-hydrogen) atoms. The van der Waals surface area contributed by atoms with E-state index in [9.17, 15) is 4.39 Å². The molecule has 1 saturated heterocycles. The summed E-state index contributed by atoms with van der Waals surface area (Å²) in [5.41, 5.74) is 0.680. The maximum Gasteiger partial charge on any atom is 0.123 e. The second kappa shape index (κ2) is 8.29. The molecular formula is C23H34FNO. The number of benzene rings is 1. The van der Waals surface area contributed by atoms with Crippen LogP contribution in [0, 0.1) is 23.1 Å². The van der Waals surface area contributed by atoms with Crippen molar-refractivity contribution in [2.24, 2.45) is 17.3 Å². The van der Waals surface area contributed by atoms with Crippen LogP contribution < -0.4 is 4.74 Å². The normalized spacial score (nSPS) is 28.7. The van der Waals surface area contributed by atoms with E-state index in [-0.39, 0.29) is 5.82 Å². The highest BCUT2D eigenvalue weighted by atomic mass is 19.1. The van der Waals surface area contributed by atoms with Crippen LogP contribution in [-0.4, -0.2) is 31.1 Å². The van der Waals surface area contributed by atoms with Gasteiger partial charge >= 0.3 is 0 Å². The highest BCUT2D eigenvalue weighted by Crippen LogP contribution is 2.52. The third-order valence-electron chi connectivity index (χ3n) is 7.42. The van der Waals surface area contributed by atoms with E-state index in [0.717, 1.165) is 37.2 Å². The Labute approximate surface area is 158 Å². The lowest BCUT2D eigenvalue weighted by molar-refractivity contribution is 0.00557. The fourth-order valence-corrected chi connectivity index (χ4v) is 5.80. The third-order valence-corrected chi connectivity index (χ3v) is 7.42. The van der Waals surface area contributed by atoms with Crippen LogP contribution in [0.2, 0.25) is 0 Å². The summed E-state index contributed by atoms with van der Waals surface area (Å²) in [6.07, 6.45) is 14.4. The lowest BCUT2D eigenvalue weighted by atomic mass is 9.58. The number of fused-ring (bicyclic) bond motifs is 1. The van der Waals surface area contributed by atoms with Gasteiger partial charge in [-0.05, 0) is 93.1 Å². The minimum atomic E-state index is -0.207. The van der Waals surface area contributed by atoms with Gasteiger partial charge in [-0.15, -0.1) is 0 Å². The van der Waals surface area contributed by atoms with E-state index in [1.807, 2.05) is 0 Å². The van der Waals surface area contributed by atoms with E-state index in [1.165, 1.54) is 83.0 Å². The molecular weight excluding hydrogens is 325 g/mol. The molecule has 2 nitrogen and oxygen atoms in total. The van der Waals surface area contributed by atoms with Gasteiger partial charge in [0.05, 0.1) is 6.61 Å². The molecule has 0 bridgehead atoms. The van der Waals surface area contributed by atoms with Crippen LogP contribution in [0.15, 0.2) is 24.3 Å². The zero-order chi connectivity index (χ0) is 17.8. The molecule has 1 aliphatic heterocycles. The first-order valence-electron chi connectivity index (χ1n) is 10.8. The largest absolute Gasteiger partial charge is 0.494 e. The molecule has 3 heteroatoms. The Hall–Kier alpha value is -1.09. The SMILES string of the molecule is Fc1ccc(OCCCN2CCC3(CC[C@H]4CCCC[C@@H]4C3)CC2)cc1. The van der Waals surface area contributed by atoms with Gasteiger partial charge in [-0.2, -0.15) is 0 Å². The zero-order valence-electron chi connectivity index (χ0n) is 16.1. The first kappa shape index (κ1) is 18.3. The smallest absolute Gasteiger partial charge is 0.123 e. The average molecular weight is 360 g/mol. The summed E-state index contributed by atoms with van der Waals surface area (Å²) in [6, 6.07) is 6.34. The van der Waals surface area contributed by atoms with Gasteiger partial charge in [0.25, 0.3) is 0 Å². The molecule has 3 aliphatic rings. The van der Waals surface area contributed by atoms with Gasteiger partial charge in [0.2, 0.25) is 0 Å². The molecule has 0 unspecified atom stereocenters. The van der Waals surface area contributed by atoms with Crippen molar-refractivity contribution in [1.82, 2.24) is 4.90 Å². The molecule has 0 aromatic heterocycles. The molecule has 1 spiro atoms. The lowest BCUT2D eigenvalue weighted by Crippen LogP contribution is -2.45. The van der Waals surface area contributed by atoms with E-state index in [4.69, 9.17) is 4.74 Å². The summed E-state index contributed by atoms with van der Waals surface area (Å²) in [5, 5.41) is 0. The van der Waals surface area contributed by atoms with Crippen LogP contribution in [-0.2, 0) is 0 Å². The maximum absolute atomic E-state index is 12.9. The Kier molecular flexibility index (Phi) is 5.83. The van der Waals surface area contributed by atoms with Gasteiger partial charge in [0.1, 0.15) is 11.6 Å². The van der Waals surface area contributed by atoms with Crippen molar-refractivity contribution in [3.63, 3.8) is 0 Å². The van der Waals surface area contributed by atoms with Gasteiger partial charge in [-0.1, -0.05) is 25.7 Å². The molecule has 2 saturated carbocycles. The summed E-state index contributed by atoms with van der Waals surface area (Å²) in [5.74, 6) is 2.68.